The van der Waals surface area contributed by atoms with E-state index in [1.807, 2.05) is 24.3 Å². The lowest BCUT2D eigenvalue weighted by Crippen LogP contribution is -2.21. The topological polar surface area (TPSA) is 57.4 Å². The van der Waals surface area contributed by atoms with Crippen LogP contribution in [0.3, 0.4) is 0 Å². The number of para-hydroxylation sites is 2. The number of aromatic nitrogens is 2. The number of fused-ring (bicyclic) bond motifs is 1. The number of benzene rings is 1. The van der Waals surface area contributed by atoms with Crippen molar-refractivity contribution in [2.75, 3.05) is 6.61 Å². The van der Waals surface area contributed by atoms with Crippen LogP contribution in [0, 0.1) is 0 Å². The summed E-state index contributed by atoms with van der Waals surface area (Å²) in [5.41, 5.74) is 0. The second-order valence-electron chi connectivity index (χ2n) is 3.96. The Labute approximate surface area is 109 Å². The predicted octanol–water partition coefficient (Wildman–Crippen LogP) is 2.88. The van der Waals surface area contributed by atoms with Crippen LogP contribution in [-0.4, -0.2) is 16.8 Å². The van der Waals surface area contributed by atoms with Crippen molar-refractivity contribution in [1.29, 1.82) is 0 Å². The minimum Gasteiger partial charge on any atom is -0.485 e. The third kappa shape index (κ3) is 2.01. The number of rotatable bonds is 2. The normalized spacial score (nSPS) is 19.6. The molecule has 6 heteroatoms. The van der Waals surface area contributed by atoms with Gasteiger partial charge >= 0.3 is 0 Å². The Bertz CT molecular complexity index is 556. The summed E-state index contributed by atoms with van der Waals surface area (Å²) in [4.78, 5) is 0. The molecule has 0 radical (unpaired) electrons. The molecule has 2 unspecified atom stereocenters. The molecule has 18 heavy (non-hydrogen) atoms. The van der Waals surface area contributed by atoms with Crippen LogP contribution >= 0.6 is 11.6 Å². The minimum absolute atomic E-state index is 0.317. The summed E-state index contributed by atoms with van der Waals surface area (Å²) in [5, 5.41) is 7.47. The van der Waals surface area contributed by atoms with E-state index in [0.717, 1.165) is 5.75 Å². The van der Waals surface area contributed by atoms with E-state index >= 15 is 0 Å². The summed E-state index contributed by atoms with van der Waals surface area (Å²) in [7, 11) is 0. The average Bonchev–Trinajstić information content (AvgIpc) is 2.88. The fourth-order valence-corrected chi connectivity index (χ4v) is 1.77. The smallest absolute Gasteiger partial charge is 0.260 e. The minimum atomic E-state index is -0.392. The Balaban J connectivity index is 1.83. The highest BCUT2D eigenvalue weighted by Crippen LogP contribution is 2.35. The first-order valence-corrected chi connectivity index (χ1v) is 6.03. The second kappa shape index (κ2) is 4.49. The maximum Gasteiger partial charge on any atom is 0.260 e. The van der Waals surface area contributed by atoms with Gasteiger partial charge in [-0.2, -0.15) is 0 Å². The summed E-state index contributed by atoms with van der Waals surface area (Å²) in [5.74, 6) is 2.16. The molecule has 3 rings (SSSR count). The molecule has 2 aromatic rings. The third-order valence-corrected chi connectivity index (χ3v) is 2.77. The fourth-order valence-electron chi connectivity index (χ4n) is 1.68. The largest absolute Gasteiger partial charge is 0.485 e. The fraction of sp³-hybridized carbons (Fsp3) is 0.333. The molecule has 1 aliphatic rings. The van der Waals surface area contributed by atoms with E-state index < -0.39 is 6.10 Å². The van der Waals surface area contributed by atoms with E-state index in [0.29, 0.717) is 24.1 Å². The maximum atomic E-state index is 5.87. The van der Waals surface area contributed by atoms with Crippen molar-refractivity contribution in [3.8, 4) is 11.5 Å². The predicted molar refractivity (Wildman–Crippen MR) is 63.9 cm³/mol. The van der Waals surface area contributed by atoms with E-state index in [1.165, 1.54) is 0 Å². The molecule has 0 spiro atoms. The molecule has 0 bridgehead atoms. The number of hydrogen-bond acceptors (Lipinski definition) is 5. The standard InChI is InChI=1S/C12H11ClN2O3/c1-7(13)11-14-15-12(18-11)10-6-16-8-4-2-3-5-9(8)17-10/h2-5,7,10H,6H2,1H3. The molecule has 0 N–H and O–H groups in total. The van der Waals surface area contributed by atoms with Crippen LogP contribution in [0.4, 0.5) is 0 Å². The number of ether oxygens (including phenoxy) is 2. The first-order chi connectivity index (χ1) is 8.74. The average molecular weight is 267 g/mol. The van der Waals surface area contributed by atoms with Crippen molar-refractivity contribution in [3.05, 3.63) is 36.0 Å². The van der Waals surface area contributed by atoms with Crippen LogP contribution in [0.15, 0.2) is 28.7 Å². The molecule has 0 fully saturated rings. The van der Waals surface area contributed by atoms with Crippen LogP contribution in [0.25, 0.3) is 0 Å². The number of halogens is 1. The van der Waals surface area contributed by atoms with Crippen molar-refractivity contribution in [2.45, 2.75) is 18.4 Å². The van der Waals surface area contributed by atoms with E-state index in [1.54, 1.807) is 6.92 Å². The van der Waals surface area contributed by atoms with Gasteiger partial charge in [0.1, 0.15) is 12.0 Å². The molecule has 5 nitrogen and oxygen atoms in total. The lowest BCUT2D eigenvalue weighted by Gasteiger charge is -2.23. The number of hydrogen-bond donors (Lipinski definition) is 0. The molecule has 1 aromatic heterocycles. The highest BCUT2D eigenvalue weighted by atomic mass is 35.5. The van der Waals surface area contributed by atoms with Crippen molar-refractivity contribution < 1.29 is 13.9 Å². The van der Waals surface area contributed by atoms with E-state index in [-0.39, 0.29) is 5.38 Å². The monoisotopic (exact) mass is 266 g/mol. The molecule has 1 aromatic carbocycles. The van der Waals surface area contributed by atoms with Gasteiger partial charge in [0.2, 0.25) is 12.0 Å². The molecule has 0 saturated carbocycles. The lowest BCUT2D eigenvalue weighted by atomic mass is 10.2. The third-order valence-electron chi connectivity index (χ3n) is 2.58. The van der Waals surface area contributed by atoms with Crippen molar-refractivity contribution in [3.63, 3.8) is 0 Å². The second-order valence-corrected chi connectivity index (χ2v) is 4.61. The summed E-state index contributed by atoms with van der Waals surface area (Å²) >= 11 is 5.87. The van der Waals surface area contributed by atoms with Gasteiger partial charge in [-0.25, -0.2) is 0 Å². The molecular formula is C12H11ClN2O3. The Morgan fingerprint density at radius 3 is 2.78 bits per heavy atom. The zero-order valence-corrected chi connectivity index (χ0v) is 10.4. The Morgan fingerprint density at radius 1 is 1.28 bits per heavy atom. The SMILES string of the molecule is CC(Cl)c1nnc(C2COc3ccccc3O2)o1. The van der Waals surface area contributed by atoms with E-state index in [2.05, 4.69) is 10.2 Å². The van der Waals surface area contributed by atoms with Crippen molar-refractivity contribution in [2.24, 2.45) is 0 Å². The number of alkyl halides is 1. The van der Waals surface area contributed by atoms with Gasteiger partial charge in [0.25, 0.3) is 5.89 Å². The van der Waals surface area contributed by atoms with Gasteiger partial charge in [-0.1, -0.05) is 12.1 Å². The van der Waals surface area contributed by atoms with Gasteiger partial charge in [-0.05, 0) is 19.1 Å². The van der Waals surface area contributed by atoms with E-state index in [9.17, 15) is 0 Å². The van der Waals surface area contributed by atoms with Gasteiger partial charge in [0, 0.05) is 0 Å². The maximum absolute atomic E-state index is 5.87. The molecule has 0 amide bonds. The molecule has 0 saturated heterocycles. The van der Waals surface area contributed by atoms with Gasteiger partial charge in [0.05, 0.1) is 0 Å². The van der Waals surface area contributed by atoms with Crippen LogP contribution < -0.4 is 9.47 Å². The quantitative estimate of drug-likeness (QED) is 0.782. The van der Waals surface area contributed by atoms with Gasteiger partial charge < -0.3 is 13.9 Å². The molecule has 2 atom stereocenters. The van der Waals surface area contributed by atoms with Gasteiger partial charge in [-0.3, -0.25) is 0 Å². The highest BCUT2D eigenvalue weighted by molar-refractivity contribution is 6.20. The van der Waals surface area contributed by atoms with Crippen molar-refractivity contribution >= 4 is 11.6 Å². The Kier molecular flexibility index (Phi) is 2.83. The van der Waals surface area contributed by atoms with Crippen LogP contribution in [-0.2, 0) is 0 Å². The Hall–Kier alpha value is -1.75. The zero-order valence-electron chi connectivity index (χ0n) is 9.67. The van der Waals surface area contributed by atoms with Crippen LogP contribution in [0.2, 0.25) is 0 Å². The lowest BCUT2D eigenvalue weighted by molar-refractivity contribution is 0.0703. The molecule has 2 heterocycles. The first kappa shape index (κ1) is 11.3. The number of nitrogens with zero attached hydrogens (tertiary/aromatic N) is 2. The van der Waals surface area contributed by atoms with E-state index in [4.69, 9.17) is 25.5 Å². The van der Waals surface area contributed by atoms with Crippen LogP contribution in [0.1, 0.15) is 30.2 Å². The summed E-state index contributed by atoms with van der Waals surface area (Å²) in [6.07, 6.45) is -0.392. The van der Waals surface area contributed by atoms with Gasteiger partial charge in [-0.15, -0.1) is 21.8 Å². The summed E-state index contributed by atoms with van der Waals surface area (Å²) < 4.78 is 16.8. The zero-order chi connectivity index (χ0) is 12.5. The summed E-state index contributed by atoms with van der Waals surface area (Å²) in [6.45, 7) is 2.11. The summed E-state index contributed by atoms with van der Waals surface area (Å²) in [6, 6.07) is 7.46. The van der Waals surface area contributed by atoms with Crippen LogP contribution in [0.5, 0.6) is 11.5 Å². The van der Waals surface area contributed by atoms with Crippen molar-refractivity contribution in [1.82, 2.24) is 10.2 Å². The first-order valence-electron chi connectivity index (χ1n) is 5.60. The highest BCUT2D eigenvalue weighted by Gasteiger charge is 2.27. The molecule has 0 aliphatic carbocycles. The molecular weight excluding hydrogens is 256 g/mol. The molecule has 94 valence electrons. The Morgan fingerprint density at radius 2 is 2.06 bits per heavy atom. The van der Waals surface area contributed by atoms with Gasteiger partial charge in [0.15, 0.2) is 11.5 Å². The molecule has 1 aliphatic heterocycles.